The van der Waals surface area contributed by atoms with Crippen LogP contribution in [-0.4, -0.2) is 30.6 Å². The zero-order chi connectivity index (χ0) is 18.4. The third kappa shape index (κ3) is 4.85. The molecule has 25 heavy (non-hydrogen) atoms. The molecule has 0 fully saturated rings. The van der Waals surface area contributed by atoms with Crippen LogP contribution in [0.3, 0.4) is 0 Å². The maximum atomic E-state index is 11.6. The van der Waals surface area contributed by atoms with Crippen molar-refractivity contribution in [3.05, 3.63) is 40.5 Å². The number of aliphatic imine (C=N–C) groups is 1. The number of aromatic nitrogens is 1. The predicted molar refractivity (Wildman–Crippen MR) is 92.4 cm³/mol. The number of methoxy groups -OCH3 is 1. The van der Waals surface area contributed by atoms with Gasteiger partial charge in [-0.25, -0.2) is 14.8 Å². The van der Waals surface area contributed by atoms with Crippen LogP contribution in [0.2, 0.25) is 0 Å². The van der Waals surface area contributed by atoms with Gasteiger partial charge in [0.15, 0.2) is 5.96 Å². The summed E-state index contributed by atoms with van der Waals surface area (Å²) in [5.41, 5.74) is 1.29. The minimum atomic E-state index is -0.420. The van der Waals surface area contributed by atoms with Crippen LogP contribution in [0.4, 0.5) is 0 Å². The van der Waals surface area contributed by atoms with Crippen molar-refractivity contribution in [1.82, 2.24) is 15.6 Å². The SMILES string of the molecule is CCNC(=NCc1cc(C(=O)OC)c(C)o1)NCc1nc(C)c(C)o1. The first-order valence-corrected chi connectivity index (χ1v) is 8.07. The van der Waals surface area contributed by atoms with E-state index in [2.05, 4.69) is 20.6 Å². The lowest BCUT2D eigenvalue weighted by molar-refractivity contribution is 0.0599. The second kappa shape index (κ2) is 8.36. The summed E-state index contributed by atoms with van der Waals surface area (Å²) in [5, 5.41) is 6.29. The number of nitrogens with zero attached hydrogens (tertiary/aromatic N) is 2. The van der Waals surface area contributed by atoms with Crippen LogP contribution >= 0.6 is 0 Å². The molecule has 0 atom stereocenters. The quantitative estimate of drug-likeness (QED) is 0.469. The van der Waals surface area contributed by atoms with E-state index < -0.39 is 5.97 Å². The Hall–Kier alpha value is -2.77. The first-order valence-electron chi connectivity index (χ1n) is 8.07. The molecule has 0 saturated carbocycles. The Labute approximate surface area is 146 Å². The fraction of sp³-hybridized carbons (Fsp3) is 0.471. The molecule has 0 unspecified atom stereocenters. The van der Waals surface area contributed by atoms with E-state index in [-0.39, 0.29) is 6.54 Å². The molecule has 2 aromatic rings. The Bertz CT molecular complexity index is 741. The summed E-state index contributed by atoms with van der Waals surface area (Å²) >= 11 is 0. The molecular weight excluding hydrogens is 324 g/mol. The minimum absolute atomic E-state index is 0.288. The zero-order valence-corrected chi connectivity index (χ0v) is 15.2. The average Bonchev–Trinajstić information content (AvgIpc) is 3.11. The van der Waals surface area contributed by atoms with Crippen LogP contribution in [0.1, 0.15) is 46.1 Å². The number of ether oxygens (including phenoxy) is 1. The molecule has 2 rings (SSSR count). The van der Waals surface area contributed by atoms with Gasteiger partial charge in [0, 0.05) is 6.54 Å². The number of hydrogen-bond acceptors (Lipinski definition) is 6. The fourth-order valence-corrected chi connectivity index (χ4v) is 2.21. The third-order valence-electron chi connectivity index (χ3n) is 3.59. The lowest BCUT2D eigenvalue weighted by Gasteiger charge is -2.09. The number of guanidine groups is 1. The molecule has 0 aliphatic carbocycles. The Kier molecular flexibility index (Phi) is 6.21. The number of nitrogens with one attached hydrogen (secondary N) is 2. The Balaban J connectivity index is 2.02. The van der Waals surface area contributed by atoms with Crippen LogP contribution in [0.5, 0.6) is 0 Å². The van der Waals surface area contributed by atoms with Crippen molar-refractivity contribution in [1.29, 1.82) is 0 Å². The lowest BCUT2D eigenvalue weighted by atomic mass is 10.2. The zero-order valence-electron chi connectivity index (χ0n) is 15.2. The molecule has 136 valence electrons. The Morgan fingerprint density at radius 2 is 2.00 bits per heavy atom. The van der Waals surface area contributed by atoms with Crippen LogP contribution in [-0.2, 0) is 17.8 Å². The van der Waals surface area contributed by atoms with Crippen molar-refractivity contribution in [3.8, 4) is 0 Å². The van der Waals surface area contributed by atoms with E-state index in [1.807, 2.05) is 20.8 Å². The van der Waals surface area contributed by atoms with Crippen molar-refractivity contribution in [2.24, 2.45) is 4.99 Å². The second-order valence-corrected chi connectivity index (χ2v) is 5.47. The summed E-state index contributed by atoms with van der Waals surface area (Å²) < 4.78 is 15.8. The molecule has 0 amide bonds. The van der Waals surface area contributed by atoms with Crippen molar-refractivity contribution >= 4 is 11.9 Å². The molecule has 0 aliphatic heterocycles. The molecule has 8 nitrogen and oxygen atoms in total. The topological polar surface area (TPSA) is 102 Å². The van der Waals surface area contributed by atoms with Crippen LogP contribution in [0.15, 0.2) is 19.9 Å². The van der Waals surface area contributed by atoms with Crippen molar-refractivity contribution in [2.45, 2.75) is 40.8 Å². The number of furan rings is 1. The molecule has 0 radical (unpaired) electrons. The normalized spacial score (nSPS) is 11.5. The molecule has 2 heterocycles. The van der Waals surface area contributed by atoms with Gasteiger partial charge in [-0.15, -0.1) is 0 Å². The van der Waals surface area contributed by atoms with Crippen molar-refractivity contribution < 1.29 is 18.4 Å². The van der Waals surface area contributed by atoms with Gasteiger partial charge in [0.25, 0.3) is 0 Å². The van der Waals surface area contributed by atoms with Gasteiger partial charge in [-0.1, -0.05) is 0 Å². The highest BCUT2D eigenvalue weighted by Crippen LogP contribution is 2.16. The Morgan fingerprint density at radius 3 is 2.60 bits per heavy atom. The molecule has 0 spiro atoms. The van der Waals surface area contributed by atoms with Crippen LogP contribution < -0.4 is 10.6 Å². The number of aryl methyl sites for hydroxylation is 3. The van der Waals surface area contributed by atoms with Crippen LogP contribution in [0.25, 0.3) is 0 Å². The fourth-order valence-electron chi connectivity index (χ4n) is 2.21. The number of rotatable bonds is 6. The van der Waals surface area contributed by atoms with E-state index in [0.717, 1.165) is 11.5 Å². The maximum absolute atomic E-state index is 11.6. The molecular formula is C17H24N4O4. The van der Waals surface area contributed by atoms with E-state index in [9.17, 15) is 4.79 Å². The van der Waals surface area contributed by atoms with Gasteiger partial charge in [0.2, 0.25) is 5.89 Å². The van der Waals surface area contributed by atoms with E-state index in [4.69, 9.17) is 13.6 Å². The summed E-state index contributed by atoms with van der Waals surface area (Å²) in [6.07, 6.45) is 0. The molecule has 8 heteroatoms. The third-order valence-corrected chi connectivity index (χ3v) is 3.59. The van der Waals surface area contributed by atoms with Gasteiger partial charge in [-0.3, -0.25) is 0 Å². The van der Waals surface area contributed by atoms with Gasteiger partial charge < -0.3 is 24.2 Å². The summed E-state index contributed by atoms with van der Waals surface area (Å²) in [7, 11) is 1.34. The summed E-state index contributed by atoms with van der Waals surface area (Å²) in [6, 6.07) is 1.65. The summed E-state index contributed by atoms with van der Waals surface area (Å²) in [5.74, 6) is 2.68. The van der Waals surface area contributed by atoms with E-state index in [0.29, 0.717) is 42.0 Å². The number of esters is 1. The molecule has 0 bridgehead atoms. The van der Waals surface area contributed by atoms with Gasteiger partial charge in [0.1, 0.15) is 29.4 Å². The highest BCUT2D eigenvalue weighted by molar-refractivity contribution is 5.90. The largest absolute Gasteiger partial charge is 0.465 e. The number of oxazole rings is 1. The van der Waals surface area contributed by atoms with Crippen LogP contribution in [0, 0.1) is 20.8 Å². The van der Waals surface area contributed by atoms with Gasteiger partial charge >= 0.3 is 5.97 Å². The number of carbonyl (C=O) groups excluding carboxylic acids is 1. The van der Waals surface area contributed by atoms with Crippen molar-refractivity contribution in [3.63, 3.8) is 0 Å². The van der Waals surface area contributed by atoms with Gasteiger partial charge in [-0.05, 0) is 33.8 Å². The maximum Gasteiger partial charge on any atom is 0.341 e. The molecule has 0 saturated heterocycles. The first-order chi connectivity index (χ1) is 11.9. The monoisotopic (exact) mass is 348 g/mol. The van der Waals surface area contributed by atoms with E-state index >= 15 is 0 Å². The smallest absolute Gasteiger partial charge is 0.341 e. The summed E-state index contributed by atoms with van der Waals surface area (Å²) in [6.45, 7) is 8.89. The van der Waals surface area contributed by atoms with Gasteiger partial charge in [0.05, 0.1) is 19.3 Å². The lowest BCUT2D eigenvalue weighted by Crippen LogP contribution is -2.36. The highest BCUT2D eigenvalue weighted by atomic mass is 16.5. The molecule has 2 aromatic heterocycles. The van der Waals surface area contributed by atoms with E-state index in [1.165, 1.54) is 7.11 Å². The second-order valence-electron chi connectivity index (χ2n) is 5.47. The summed E-state index contributed by atoms with van der Waals surface area (Å²) in [4.78, 5) is 20.4. The molecule has 0 aromatic carbocycles. The Morgan fingerprint density at radius 1 is 1.24 bits per heavy atom. The standard InChI is InChI=1S/C17H24N4O4/c1-6-18-17(20-9-15-21-10(2)11(3)25-15)19-8-13-7-14(12(4)24-13)16(22)23-5/h7H,6,8-9H2,1-5H3,(H2,18,19,20). The number of carbonyl (C=O) groups is 1. The predicted octanol–water partition coefficient (Wildman–Crippen LogP) is 2.23. The van der Waals surface area contributed by atoms with Crippen molar-refractivity contribution in [2.75, 3.05) is 13.7 Å². The molecule has 2 N–H and O–H groups in total. The minimum Gasteiger partial charge on any atom is -0.465 e. The van der Waals surface area contributed by atoms with Gasteiger partial charge in [-0.2, -0.15) is 0 Å². The molecule has 0 aliphatic rings. The van der Waals surface area contributed by atoms with E-state index in [1.54, 1.807) is 13.0 Å². The average molecular weight is 348 g/mol. The number of hydrogen-bond donors (Lipinski definition) is 2. The highest BCUT2D eigenvalue weighted by Gasteiger charge is 2.15. The first kappa shape index (κ1) is 18.6.